The number of ether oxygens (including phenoxy) is 2. The number of carbonyl (C=O) groups excluding carboxylic acids is 1. The maximum atomic E-state index is 12.8. The van der Waals surface area contributed by atoms with Gasteiger partial charge in [0.15, 0.2) is 11.5 Å². The van der Waals surface area contributed by atoms with Crippen LogP contribution < -0.4 is 14.8 Å². The van der Waals surface area contributed by atoms with E-state index in [-0.39, 0.29) is 12.7 Å². The lowest BCUT2D eigenvalue weighted by Gasteiger charge is -2.08. The van der Waals surface area contributed by atoms with E-state index in [4.69, 9.17) is 9.47 Å². The van der Waals surface area contributed by atoms with Gasteiger partial charge in [0.25, 0.3) is 5.91 Å². The lowest BCUT2D eigenvalue weighted by Crippen LogP contribution is -2.25. The number of rotatable bonds is 4. The van der Waals surface area contributed by atoms with Gasteiger partial charge in [-0.05, 0) is 42.7 Å². The Labute approximate surface area is 145 Å². The highest BCUT2D eigenvalue weighted by Crippen LogP contribution is 2.32. The van der Waals surface area contributed by atoms with E-state index < -0.39 is 0 Å². The van der Waals surface area contributed by atoms with E-state index in [0.29, 0.717) is 24.4 Å². The van der Waals surface area contributed by atoms with Gasteiger partial charge in [-0.3, -0.25) is 9.20 Å². The van der Waals surface area contributed by atoms with E-state index in [1.165, 1.54) is 0 Å². The minimum atomic E-state index is -0.132. The number of imidazole rings is 1. The minimum absolute atomic E-state index is 0.132. The first-order valence-corrected chi connectivity index (χ1v) is 8.30. The second-order valence-electron chi connectivity index (χ2n) is 6.02. The Morgan fingerprint density at radius 1 is 1.28 bits per heavy atom. The number of nitrogens with one attached hydrogen (secondary N) is 1. The van der Waals surface area contributed by atoms with Crippen molar-refractivity contribution in [1.29, 1.82) is 0 Å². The number of hydrogen-bond acceptors (Lipinski definition) is 4. The molecular weight excluding hydrogens is 318 g/mol. The van der Waals surface area contributed by atoms with Crippen LogP contribution in [0.3, 0.4) is 0 Å². The van der Waals surface area contributed by atoms with Crippen molar-refractivity contribution in [1.82, 2.24) is 14.7 Å². The Balaban J connectivity index is 1.59. The van der Waals surface area contributed by atoms with E-state index in [1.54, 1.807) is 0 Å². The quantitative estimate of drug-likeness (QED) is 0.795. The number of carbonyl (C=O) groups is 1. The molecule has 1 aliphatic rings. The molecule has 3 aromatic rings. The zero-order valence-electron chi connectivity index (χ0n) is 14.2. The van der Waals surface area contributed by atoms with Crippen LogP contribution in [-0.2, 0) is 13.0 Å². The fraction of sp³-hybridized carbons (Fsp3) is 0.263. The highest BCUT2D eigenvalue weighted by atomic mass is 16.7. The van der Waals surface area contributed by atoms with E-state index in [2.05, 4.69) is 10.3 Å². The van der Waals surface area contributed by atoms with Crippen LogP contribution >= 0.6 is 0 Å². The molecule has 3 heterocycles. The smallest absolute Gasteiger partial charge is 0.270 e. The molecule has 6 nitrogen and oxygen atoms in total. The molecule has 0 spiro atoms. The monoisotopic (exact) mass is 337 g/mol. The van der Waals surface area contributed by atoms with Crippen molar-refractivity contribution < 1.29 is 14.3 Å². The SMILES string of the molecule is CCc1nc2c(C)cccn2c1C(=O)NCc1ccc2c(c1)OCO2. The summed E-state index contributed by atoms with van der Waals surface area (Å²) in [7, 11) is 0. The molecule has 1 aromatic carbocycles. The minimum Gasteiger partial charge on any atom is -0.454 e. The molecular formula is C19H19N3O3. The van der Waals surface area contributed by atoms with Crippen molar-refractivity contribution in [3.63, 3.8) is 0 Å². The van der Waals surface area contributed by atoms with Gasteiger partial charge in [0, 0.05) is 12.7 Å². The highest BCUT2D eigenvalue weighted by molar-refractivity contribution is 5.94. The molecule has 2 aromatic heterocycles. The molecule has 0 saturated heterocycles. The molecule has 0 radical (unpaired) electrons. The number of nitrogens with zero attached hydrogens (tertiary/aromatic N) is 2. The van der Waals surface area contributed by atoms with Gasteiger partial charge in [-0.1, -0.05) is 19.1 Å². The first-order valence-electron chi connectivity index (χ1n) is 8.30. The maximum Gasteiger partial charge on any atom is 0.270 e. The Hall–Kier alpha value is -3.02. The van der Waals surface area contributed by atoms with Crippen LogP contribution in [0.5, 0.6) is 11.5 Å². The number of hydrogen-bond donors (Lipinski definition) is 1. The summed E-state index contributed by atoms with van der Waals surface area (Å²) in [6.07, 6.45) is 2.58. The van der Waals surface area contributed by atoms with E-state index in [9.17, 15) is 4.79 Å². The fourth-order valence-corrected chi connectivity index (χ4v) is 3.05. The molecule has 6 heteroatoms. The summed E-state index contributed by atoms with van der Waals surface area (Å²) in [4.78, 5) is 17.4. The number of benzene rings is 1. The molecule has 0 unspecified atom stereocenters. The van der Waals surface area contributed by atoms with Crippen LogP contribution in [0.25, 0.3) is 5.65 Å². The number of aryl methyl sites for hydroxylation is 2. The normalized spacial score (nSPS) is 12.6. The summed E-state index contributed by atoms with van der Waals surface area (Å²) >= 11 is 0. The number of fused-ring (bicyclic) bond motifs is 2. The summed E-state index contributed by atoms with van der Waals surface area (Å²) < 4.78 is 12.5. The molecule has 25 heavy (non-hydrogen) atoms. The lowest BCUT2D eigenvalue weighted by molar-refractivity contribution is 0.0944. The average Bonchev–Trinajstić information content (AvgIpc) is 3.23. The Morgan fingerprint density at radius 3 is 2.96 bits per heavy atom. The molecule has 0 bridgehead atoms. The summed E-state index contributed by atoms with van der Waals surface area (Å²) in [5.41, 5.74) is 4.24. The van der Waals surface area contributed by atoms with E-state index >= 15 is 0 Å². The molecule has 0 fully saturated rings. The molecule has 1 aliphatic heterocycles. The third-order valence-corrected chi connectivity index (χ3v) is 4.36. The predicted molar refractivity (Wildman–Crippen MR) is 93.0 cm³/mol. The lowest BCUT2D eigenvalue weighted by atomic mass is 10.2. The van der Waals surface area contributed by atoms with E-state index in [1.807, 2.05) is 54.8 Å². The van der Waals surface area contributed by atoms with E-state index in [0.717, 1.165) is 28.2 Å². The van der Waals surface area contributed by atoms with Gasteiger partial charge in [-0.15, -0.1) is 0 Å². The Morgan fingerprint density at radius 2 is 2.12 bits per heavy atom. The van der Waals surface area contributed by atoms with Gasteiger partial charge in [-0.25, -0.2) is 4.98 Å². The topological polar surface area (TPSA) is 64.9 Å². The van der Waals surface area contributed by atoms with Crippen molar-refractivity contribution in [2.24, 2.45) is 0 Å². The summed E-state index contributed by atoms with van der Waals surface area (Å²) in [6, 6.07) is 9.60. The van der Waals surface area contributed by atoms with Crippen LogP contribution in [0.15, 0.2) is 36.5 Å². The van der Waals surface area contributed by atoms with Crippen LogP contribution in [0.1, 0.15) is 34.2 Å². The van der Waals surface area contributed by atoms with Gasteiger partial charge in [0.2, 0.25) is 6.79 Å². The average molecular weight is 337 g/mol. The van der Waals surface area contributed by atoms with Crippen molar-refractivity contribution >= 4 is 11.6 Å². The summed E-state index contributed by atoms with van der Waals surface area (Å²) in [5, 5.41) is 2.98. The van der Waals surface area contributed by atoms with Gasteiger partial charge in [0.05, 0.1) is 5.69 Å². The first-order chi connectivity index (χ1) is 12.2. The number of amides is 1. The van der Waals surface area contributed by atoms with Crippen LogP contribution in [0, 0.1) is 6.92 Å². The first kappa shape index (κ1) is 15.5. The molecule has 128 valence electrons. The molecule has 1 N–H and O–H groups in total. The zero-order chi connectivity index (χ0) is 17.4. The van der Waals surface area contributed by atoms with Gasteiger partial charge in [0.1, 0.15) is 11.3 Å². The third-order valence-electron chi connectivity index (χ3n) is 4.36. The highest BCUT2D eigenvalue weighted by Gasteiger charge is 2.19. The van der Waals surface area contributed by atoms with Crippen LogP contribution in [0.4, 0.5) is 0 Å². The number of pyridine rings is 1. The number of aromatic nitrogens is 2. The molecule has 0 saturated carbocycles. The van der Waals surface area contributed by atoms with Gasteiger partial charge >= 0.3 is 0 Å². The van der Waals surface area contributed by atoms with Gasteiger partial charge in [-0.2, -0.15) is 0 Å². The second-order valence-corrected chi connectivity index (χ2v) is 6.02. The van der Waals surface area contributed by atoms with Gasteiger partial charge < -0.3 is 14.8 Å². The largest absolute Gasteiger partial charge is 0.454 e. The fourth-order valence-electron chi connectivity index (χ4n) is 3.05. The molecule has 1 amide bonds. The summed E-state index contributed by atoms with van der Waals surface area (Å²) in [6.45, 7) is 4.66. The molecule has 0 atom stereocenters. The Kier molecular flexibility index (Phi) is 3.80. The van der Waals surface area contributed by atoms with Crippen molar-refractivity contribution in [3.8, 4) is 11.5 Å². The van der Waals surface area contributed by atoms with Crippen molar-refractivity contribution in [2.45, 2.75) is 26.8 Å². The Bertz CT molecular complexity index is 962. The predicted octanol–water partition coefficient (Wildman–Crippen LogP) is 2.86. The molecule has 4 rings (SSSR count). The van der Waals surface area contributed by atoms with Crippen molar-refractivity contribution in [3.05, 3.63) is 59.0 Å². The second kappa shape index (κ2) is 6.12. The zero-order valence-corrected chi connectivity index (χ0v) is 14.2. The standard InChI is InChI=1S/C19H19N3O3/c1-3-14-17(22-8-4-5-12(2)18(22)21-14)19(23)20-10-13-6-7-15-16(9-13)25-11-24-15/h4-9H,3,10-11H2,1-2H3,(H,20,23). The van der Waals surface area contributed by atoms with Crippen LogP contribution in [-0.4, -0.2) is 22.1 Å². The maximum absolute atomic E-state index is 12.8. The third kappa shape index (κ3) is 2.69. The van der Waals surface area contributed by atoms with Crippen LogP contribution in [0.2, 0.25) is 0 Å². The van der Waals surface area contributed by atoms with Crippen molar-refractivity contribution in [2.75, 3.05) is 6.79 Å². The summed E-state index contributed by atoms with van der Waals surface area (Å²) in [5.74, 6) is 1.32. The molecule has 0 aliphatic carbocycles.